The third-order valence-electron chi connectivity index (χ3n) is 2.49. The van der Waals surface area contributed by atoms with Gasteiger partial charge in [0.2, 0.25) is 5.91 Å². The summed E-state index contributed by atoms with van der Waals surface area (Å²) in [6.45, 7) is 5.55. The molecule has 1 aromatic rings. The van der Waals surface area contributed by atoms with Crippen molar-refractivity contribution in [2.75, 3.05) is 6.61 Å². The molecular formula is C11H18N2O3. The molecule has 0 spiro atoms. The topological polar surface area (TPSA) is 75.4 Å². The normalized spacial score (nSPS) is 12.5. The summed E-state index contributed by atoms with van der Waals surface area (Å²) in [6, 6.07) is -0.0158. The number of carbonyl (C=O) groups excluding carboxylic acids is 1. The van der Waals surface area contributed by atoms with Gasteiger partial charge in [0.1, 0.15) is 5.76 Å². The van der Waals surface area contributed by atoms with Gasteiger partial charge >= 0.3 is 0 Å². The molecule has 0 bridgehead atoms. The Labute approximate surface area is 94.8 Å². The molecule has 16 heavy (non-hydrogen) atoms. The largest absolute Gasteiger partial charge is 0.396 e. The summed E-state index contributed by atoms with van der Waals surface area (Å²) in [5, 5.41) is 15.3. The fourth-order valence-corrected chi connectivity index (χ4v) is 1.51. The number of aliphatic hydroxyl groups is 1. The minimum atomic E-state index is -0.0737. The van der Waals surface area contributed by atoms with E-state index in [1.165, 1.54) is 0 Å². The molecule has 0 aliphatic rings. The summed E-state index contributed by atoms with van der Waals surface area (Å²) in [4.78, 5) is 11.6. The molecule has 0 saturated heterocycles. The van der Waals surface area contributed by atoms with E-state index in [9.17, 15) is 4.79 Å². The molecular weight excluding hydrogens is 208 g/mol. The van der Waals surface area contributed by atoms with E-state index in [0.717, 1.165) is 11.3 Å². The number of nitrogens with zero attached hydrogens (tertiary/aromatic N) is 1. The van der Waals surface area contributed by atoms with Crippen molar-refractivity contribution in [3.63, 3.8) is 0 Å². The van der Waals surface area contributed by atoms with Gasteiger partial charge < -0.3 is 14.9 Å². The number of aromatic nitrogens is 1. The first kappa shape index (κ1) is 12.7. The molecule has 2 N–H and O–H groups in total. The highest BCUT2D eigenvalue weighted by atomic mass is 16.5. The number of rotatable bonds is 5. The fraction of sp³-hybridized carbons (Fsp3) is 0.636. The molecule has 0 fully saturated rings. The van der Waals surface area contributed by atoms with Crippen molar-refractivity contribution in [1.82, 2.24) is 10.5 Å². The van der Waals surface area contributed by atoms with Crippen LogP contribution >= 0.6 is 0 Å². The Balaban J connectivity index is 2.52. The smallest absolute Gasteiger partial charge is 0.224 e. The van der Waals surface area contributed by atoms with Crippen LogP contribution in [0.2, 0.25) is 0 Å². The van der Waals surface area contributed by atoms with Gasteiger partial charge in [0.15, 0.2) is 0 Å². The molecule has 1 heterocycles. The fourth-order valence-electron chi connectivity index (χ4n) is 1.51. The second kappa shape index (κ2) is 5.65. The molecule has 0 radical (unpaired) electrons. The molecule has 1 rings (SSSR count). The molecule has 5 nitrogen and oxygen atoms in total. The second-order valence-electron chi connectivity index (χ2n) is 3.96. The first-order valence-electron chi connectivity index (χ1n) is 5.36. The van der Waals surface area contributed by atoms with E-state index < -0.39 is 0 Å². The predicted molar refractivity (Wildman–Crippen MR) is 59.0 cm³/mol. The highest BCUT2D eigenvalue weighted by molar-refractivity contribution is 5.79. The molecule has 1 amide bonds. The van der Waals surface area contributed by atoms with Crippen molar-refractivity contribution in [1.29, 1.82) is 0 Å². The van der Waals surface area contributed by atoms with Crippen LogP contribution in [0.25, 0.3) is 0 Å². The number of aryl methyl sites for hydroxylation is 2. The first-order valence-corrected chi connectivity index (χ1v) is 5.36. The molecule has 0 aliphatic heterocycles. The van der Waals surface area contributed by atoms with Gasteiger partial charge in [0.05, 0.1) is 12.1 Å². The molecule has 5 heteroatoms. The molecule has 1 unspecified atom stereocenters. The van der Waals surface area contributed by atoms with Gasteiger partial charge in [-0.05, 0) is 27.2 Å². The summed E-state index contributed by atoms with van der Waals surface area (Å²) in [5.74, 6) is 0.609. The van der Waals surface area contributed by atoms with E-state index in [4.69, 9.17) is 9.63 Å². The van der Waals surface area contributed by atoms with Crippen LogP contribution in [0, 0.1) is 13.8 Å². The van der Waals surface area contributed by atoms with Crippen LogP contribution in [0.4, 0.5) is 0 Å². The highest BCUT2D eigenvalue weighted by Crippen LogP contribution is 2.12. The monoisotopic (exact) mass is 226 g/mol. The van der Waals surface area contributed by atoms with Gasteiger partial charge in [0.25, 0.3) is 0 Å². The van der Waals surface area contributed by atoms with Gasteiger partial charge in [-0.25, -0.2) is 0 Å². The first-order chi connectivity index (χ1) is 7.54. The van der Waals surface area contributed by atoms with E-state index in [2.05, 4.69) is 10.5 Å². The van der Waals surface area contributed by atoms with Crippen LogP contribution in [0.15, 0.2) is 4.52 Å². The number of carbonyl (C=O) groups is 1. The van der Waals surface area contributed by atoms with Crippen LogP contribution < -0.4 is 5.32 Å². The molecule has 0 aliphatic carbocycles. The third-order valence-corrected chi connectivity index (χ3v) is 2.49. The SMILES string of the molecule is Cc1noc(C)c1CC(=O)NC(C)CCO. The minimum Gasteiger partial charge on any atom is -0.396 e. The number of hydrogen-bond donors (Lipinski definition) is 2. The van der Waals surface area contributed by atoms with Gasteiger partial charge in [-0.3, -0.25) is 4.79 Å². The number of aliphatic hydroxyl groups excluding tert-OH is 1. The van der Waals surface area contributed by atoms with E-state index in [-0.39, 0.29) is 25.0 Å². The quantitative estimate of drug-likeness (QED) is 0.775. The number of amides is 1. The van der Waals surface area contributed by atoms with E-state index in [1.807, 2.05) is 13.8 Å². The Morgan fingerprint density at radius 1 is 1.56 bits per heavy atom. The maximum Gasteiger partial charge on any atom is 0.224 e. The van der Waals surface area contributed by atoms with Crippen LogP contribution in [0.5, 0.6) is 0 Å². The molecule has 90 valence electrons. The summed E-state index contributed by atoms with van der Waals surface area (Å²) in [6.07, 6.45) is 0.838. The van der Waals surface area contributed by atoms with Gasteiger partial charge in [-0.2, -0.15) is 0 Å². The average Bonchev–Trinajstić information content (AvgIpc) is 2.49. The lowest BCUT2D eigenvalue weighted by Crippen LogP contribution is -2.34. The second-order valence-corrected chi connectivity index (χ2v) is 3.96. The van der Waals surface area contributed by atoms with Crippen LogP contribution in [0.1, 0.15) is 30.4 Å². The lowest BCUT2D eigenvalue weighted by molar-refractivity contribution is -0.121. The third kappa shape index (κ3) is 3.34. The molecule has 1 atom stereocenters. The van der Waals surface area contributed by atoms with Crippen molar-refractivity contribution in [2.45, 2.75) is 39.7 Å². The minimum absolute atomic E-state index is 0.0158. The Morgan fingerprint density at radius 3 is 2.75 bits per heavy atom. The van der Waals surface area contributed by atoms with Gasteiger partial charge in [-0.15, -0.1) is 0 Å². The van der Waals surface area contributed by atoms with Crippen molar-refractivity contribution in [3.8, 4) is 0 Å². The zero-order chi connectivity index (χ0) is 12.1. The van der Waals surface area contributed by atoms with Crippen molar-refractivity contribution in [3.05, 3.63) is 17.0 Å². The standard InChI is InChI=1S/C11H18N2O3/c1-7(4-5-14)12-11(15)6-10-8(2)13-16-9(10)3/h7,14H,4-6H2,1-3H3,(H,12,15). The molecule has 0 saturated carbocycles. The average molecular weight is 226 g/mol. The summed E-state index contributed by atoms with van der Waals surface area (Å²) >= 11 is 0. The van der Waals surface area contributed by atoms with Gasteiger partial charge in [0, 0.05) is 18.2 Å². The number of nitrogens with one attached hydrogen (secondary N) is 1. The van der Waals surface area contributed by atoms with Crippen molar-refractivity contribution >= 4 is 5.91 Å². The summed E-state index contributed by atoms with van der Waals surface area (Å²) in [7, 11) is 0. The summed E-state index contributed by atoms with van der Waals surface area (Å²) < 4.78 is 4.98. The predicted octanol–water partition coefficient (Wildman–Crippen LogP) is 0.721. The maximum atomic E-state index is 11.6. The lowest BCUT2D eigenvalue weighted by atomic mass is 10.1. The summed E-state index contributed by atoms with van der Waals surface area (Å²) in [5.41, 5.74) is 1.59. The zero-order valence-corrected chi connectivity index (χ0v) is 9.91. The van der Waals surface area contributed by atoms with E-state index >= 15 is 0 Å². The highest BCUT2D eigenvalue weighted by Gasteiger charge is 2.14. The molecule has 1 aromatic heterocycles. The van der Waals surface area contributed by atoms with Crippen molar-refractivity contribution < 1.29 is 14.4 Å². The van der Waals surface area contributed by atoms with Gasteiger partial charge in [-0.1, -0.05) is 5.16 Å². The molecule has 0 aromatic carbocycles. The van der Waals surface area contributed by atoms with Crippen LogP contribution in [-0.4, -0.2) is 28.8 Å². The maximum absolute atomic E-state index is 11.6. The van der Waals surface area contributed by atoms with Crippen LogP contribution in [-0.2, 0) is 11.2 Å². The van der Waals surface area contributed by atoms with Crippen molar-refractivity contribution in [2.24, 2.45) is 0 Å². The zero-order valence-electron chi connectivity index (χ0n) is 9.91. The Bertz CT molecular complexity index is 341. The number of hydrogen-bond acceptors (Lipinski definition) is 4. The Morgan fingerprint density at radius 2 is 2.25 bits per heavy atom. The lowest BCUT2D eigenvalue weighted by Gasteiger charge is -2.11. The van der Waals surface area contributed by atoms with E-state index in [1.54, 1.807) is 6.92 Å². The Hall–Kier alpha value is -1.36. The van der Waals surface area contributed by atoms with Crippen LogP contribution in [0.3, 0.4) is 0 Å². The van der Waals surface area contributed by atoms with E-state index in [0.29, 0.717) is 12.2 Å². The Kier molecular flexibility index (Phi) is 4.49.